The number of anilines is 1. The highest BCUT2D eigenvalue weighted by atomic mass is 16.6. The zero-order valence-corrected chi connectivity index (χ0v) is 23.3. The standard InChI is InChI=1S/C33H40N2O4/c1-33(2,3)39-32(38)35(23-31(37)27-10-6-4-7-11-27)21-18-25-12-14-26(15-13-25)28-16-17-29(24-36)30(22-28)34-19-8-5-9-20-34/h4,6-7,10-17,22,24,31,37H,5,8-9,18-21,23H2,1-3H3. The van der Waals surface area contributed by atoms with E-state index in [1.807, 2.05) is 63.2 Å². The van der Waals surface area contributed by atoms with Crippen molar-refractivity contribution in [2.24, 2.45) is 0 Å². The van der Waals surface area contributed by atoms with Crippen LogP contribution >= 0.6 is 0 Å². The highest BCUT2D eigenvalue weighted by Crippen LogP contribution is 2.30. The third kappa shape index (κ3) is 7.93. The third-order valence-corrected chi connectivity index (χ3v) is 7.04. The van der Waals surface area contributed by atoms with Crippen molar-refractivity contribution in [3.05, 3.63) is 89.5 Å². The van der Waals surface area contributed by atoms with Crippen LogP contribution in [0.1, 0.15) is 67.6 Å². The van der Waals surface area contributed by atoms with Crippen LogP contribution in [0.25, 0.3) is 11.1 Å². The molecular formula is C33H40N2O4. The Morgan fingerprint density at radius 2 is 1.64 bits per heavy atom. The van der Waals surface area contributed by atoms with Gasteiger partial charge in [-0.1, -0.05) is 60.7 Å². The number of aliphatic hydroxyl groups excluding tert-OH is 1. The zero-order chi connectivity index (χ0) is 27.8. The predicted molar refractivity (Wildman–Crippen MR) is 156 cm³/mol. The number of rotatable bonds is 9. The van der Waals surface area contributed by atoms with Gasteiger partial charge in [-0.2, -0.15) is 0 Å². The van der Waals surface area contributed by atoms with Gasteiger partial charge < -0.3 is 19.6 Å². The van der Waals surface area contributed by atoms with E-state index in [1.165, 1.54) is 6.42 Å². The average molecular weight is 529 g/mol. The van der Waals surface area contributed by atoms with Gasteiger partial charge in [0.2, 0.25) is 0 Å². The van der Waals surface area contributed by atoms with Crippen molar-refractivity contribution in [3.8, 4) is 11.1 Å². The van der Waals surface area contributed by atoms with E-state index in [0.29, 0.717) is 13.0 Å². The molecule has 1 aliphatic heterocycles. The quantitative estimate of drug-likeness (QED) is 0.314. The normalized spacial score (nSPS) is 14.5. The first-order valence-electron chi connectivity index (χ1n) is 13.9. The summed E-state index contributed by atoms with van der Waals surface area (Å²) in [5.41, 5.74) is 5.13. The SMILES string of the molecule is CC(C)(C)OC(=O)N(CCc1ccc(-c2ccc(C=O)c(N3CCCCC3)c2)cc1)CC(O)c1ccccc1. The molecule has 1 unspecified atom stereocenters. The largest absolute Gasteiger partial charge is 0.444 e. The Morgan fingerprint density at radius 1 is 0.974 bits per heavy atom. The van der Waals surface area contributed by atoms with E-state index in [9.17, 15) is 14.7 Å². The summed E-state index contributed by atoms with van der Waals surface area (Å²) >= 11 is 0. The molecule has 0 aliphatic carbocycles. The van der Waals surface area contributed by atoms with Crippen LogP contribution in [-0.2, 0) is 11.2 Å². The molecule has 1 atom stereocenters. The first kappa shape index (κ1) is 28.4. The molecule has 0 aromatic heterocycles. The Kier molecular flexibility index (Phi) is 9.41. The summed E-state index contributed by atoms with van der Waals surface area (Å²) in [6.07, 6.45) is 3.88. The van der Waals surface area contributed by atoms with Gasteiger partial charge in [0.05, 0.1) is 12.6 Å². The number of ether oxygens (including phenoxy) is 1. The fourth-order valence-corrected chi connectivity index (χ4v) is 4.93. The monoisotopic (exact) mass is 528 g/mol. The molecule has 0 bridgehead atoms. The number of amides is 1. The van der Waals surface area contributed by atoms with Crippen LogP contribution in [0.3, 0.4) is 0 Å². The first-order chi connectivity index (χ1) is 18.7. The maximum atomic E-state index is 13.0. The lowest BCUT2D eigenvalue weighted by molar-refractivity contribution is 0.0147. The average Bonchev–Trinajstić information content (AvgIpc) is 2.95. The highest BCUT2D eigenvalue weighted by molar-refractivity contribution is 5.87. The lowest BCUT2D eigenvalue weighted by atomic mass is 9.99. The number of aliphatic hydroxyl groups is 1. The van der Waals surface area contributed by atoms with E-state index in [2.05, 4.69) is 35.2 Å². The van der Waals surface area contributed by atoms with Gasteiger partial charge in [0.25, 0.3) is 0 Å². The molecule has 4 rings (SSSR count). The summed E-state index contributed by atoms with van der Waals surface area (Å²) in [7, 11) is 0. The number of carbonyl (C=O) groups excluding carboxylic acids is 2. The Hall–Kier alpha value is -3.64. The lowest BCUT2D eigenvalue weighted by Crippen LogP contribution is -2.40. The fraction of sp³-hybridized carbons (Fsp3) is 0.394. The molecule has 39 heavy (non-hydrogen) atoms. The van der Waals surface area contributed by atoms with Crippen LogP contribution < -0.4 is 4.90 Å². The van der Waals surface area contributed by atoms with Crippen LogP contribution in [0, 0.1) is 0 Å². The number of hydrogen-bond donors (Lipinski definition) is 1. The number of benzene rings is 3. The van der Waals surface area contributed by atoms with Gasteiger partial charge >= 0.3 is 6.09 Å². The smallest absolute Gasteiger partial charge is 0.410 e. The van der Waals surface area contributed by atoms with Gasteiger partial charge in [-0.15, -0.1) is 0 Å². The Balaban J connectivity index is 1.46. The minimum atomic E-state index is -0.801. The van der Waals surface area contributed by atoms with E-state index in [0.717, 1.165) is 65.7 Å². The lowest BCUT2D eigenvalue weighted by Gasteiger charge is -2.30. The van der Waals surface area contributed by atoms with Gasteiger partial charge in [-0.05, 0) is 80.8 Å². The van der Waals surface area contributed by atoms with Gasteiger partial charge in [-0.25, -0.2) is 4.79 Å². The Labute approximate surface area is 232 Å². The van der Waals surface area contributed by atoms with E-state index >= 15 is 0 Å². The van der Waals surface area contributed by atoms with Crippen molar-refractivity contribution in [1.29, 1.82) is 0 Å². The van der Waals surface area contributed by atoms with Crippen molar-refractivity contribution < 1.29 is 19.4 Å². The minimum absolute atomic E-state index is 0.152. The zero-order valence-electron chi connectivity index (χ0n) is 23.3. The molecule has 0 spiro atoms. The molecule has 6 nitrogen and oxygen atoms in total. The van der Waals surface area contributed by atoms with E-state index in [1.54, 1.807) is 4.90 Å². The molecule has 1 saturated heterocycles. The molecule has 1 fully saturated rings. The van der Waals surface area contributed by atoms with Gasteiger partial charge in [0.1, 0.15) is 5.60 Å². The summed E-state index contributed by atoms with van der Waals surface area (Å²) in [6, 6.07) is 23.7. The molecule has 1 N–H and O–H groups in total. The molecular weight excluding hydrogens is 488 g/mol. The number of carbonyl (C=O) groups is 2. The van der Waals surface area contributed by atoms with Gasteiger partial charge in [-0.3, -0.25) is 4.79 Å². The molecule has 1 heterocycles. The third-order valence-electron chi connectivity index (χ3n) is 7.04. The summed E-state index contributed by atoms with van der Waals surface area (Å²) in [4.78, 5) is 28.5. The summed E-state index contributed by atoms with van der Waals surface area (Å²) < 4.78 is 5.63. The number of aldehydes is 1. The maximum absolute atomic E-state index is 13.0. The minimum Gasteiger partial charge on any atom is -0.444 e. The van der Waals surface area contributed by atoms with E-state index < -0.39 is 17.8 Å². The van der Waals surface area contributed by atoms with Crippen LogP contribution in [0.15, 0.2) is 72.8 Å². The maximum Gasteiger partial charge on any atom is 0.410 e. The molecule has 1 amide bonds. The number of hydrogen-bond acceptors (Lipinski definition) is 5. The van der Waals surface area contributed by atoms with Gasteiger partial charge in [0.15, 0.2) is 6.29 Å². The second-order valence-electron chi connectivity index (χ2n) is 11.2. The number of nitrogens with zero attached hydrogens (tertiary/aromatic N) is 2. The molecule has 206 valence electrons. The molecule has 6 heteroatoms. The van der Waals surface area contributed by atoms with Gasteiger partial charge in [0, 0.05) is 30.9 Å². The van der Waals surface area contributed by atoms with Crippen molar-refractivity contribution in [3.63, 3.8) is 0 Å². The summed E-state index contributed by atoms with van der Waals surface area (Å²) in [6.45, 7) is 8.06. The predicted octanol–water partition coefficient (Wildman–Crippen LogP) is 6.67. The second-order valence-corrected chi connectivity index (χ2v) is 11.2. The highest BCUT2D eigenvalue weighted by Gasteiger charge is 2.24. The van der Waals surface area contributed by atoms with Crippen molar-refractivity contribution in [2.45, 2.75) is 58.2 Å². The molecule has 3 aromatic carbocycles. The van der Waals surface area contributed by atoms with Crippen LogP contribution in [0.5, 0.6) is 0 Å². The van der Waals surface area contributed by atoms with Crippen LogP contribution in [0.4, 0.5) is 10.5 Å². The second kappa shape index (κ2) is 12.9. The summed E-state index contributed by atoms with van der Waals surface area (Å²) in [5, 5.41) is 10.8. The van der Waals surface area contributed by atoms with E-state index in [-0.39, 0.29) is 6.54 Å². The topological polar surface area (TPSA) is 70.1 Å². The van der Waals surface area contributed by atoms with Crippen molar-refractivity contribution in [1.82, 2.24) is 4.90 Å². The number of piperidine rings is 1. The fourth-order valence-electron chi connectivity index (χ4n) is 4.93. The van der Waals surface area contributed by atoms with Crippen molar-refractivity contribution in [2.75, 3.05) is 31.1 Å². The molecule has 0 saturated carbocycles. The molecule has 1 aliphatic rings. The summed E-state index contributed by atoms with van der Waals surface area (Å²) in [5.74, 6) is 0. The van der Waals surface area contributed by atoms with Crippen LogP contribution in [0.2, 0.25) is 0 Å². The molecule has 0 radical (unpaired) electrons. The molecule has 3 aromatic rings. The van der Waals surface area contributed by atoms with Crippen LogP contribution in [-0.4, -0.2) is 54.2 Å². The van der Waals surface area contributed by atoms with E-state index in [4.69, 9.17) is 4.74 Å². The van der Waals surface area contributed by atoms with Crippen molar-refractivity contribution >= 4 is 18.1 Å². The Morgan fingerprint density at radius 3 is 2.28 bits per heavy atom. The first-order valence-corrected chi connectivity index (χ1v) is 13.9. The Bertz CT molecular complexity index is 1230.